The molecule has 0 aliphatic carbocycles. The van der Waals surface area contributed by atoms with Gasteiger partial charge in [0.25, 0.3) is 0 Å². The molecule has 1 aliphatic heterocycles. The first-order valence-electron chi connectivity index (χ1n) is 6.05. The Labute approximate surface area is 103 Å². The van der Waals surface area contributed by atoms with Crippen LogP contribution in [0, 0.1) is 10.1 Å². The second-order valence-corrected chi connectivity index (χ2v) is 4.46. The van der Waals surface area contributed by atoms with Crippen LogP contribution in [0.4, 0.5) is 11.5 Å². The molecule has 3 rings (SSSR count). The van der Waals surface area contributed by atoms with Gasteiger partial charge in [-0.3, -0.25) is 10.1 Å². The smallest absolute Gasteiger partial charge is 0.315 e. The summed E-state index contributed by atoms with van der Waals surface area (Å²) >= 11 is 0. The Morgan fingerprint density at radius 2 is 2.06 bits per heavy atom. The second-order valence-electron chi connectivity index (χ2n) is 4.46. The van der Waals surface area contributed by atoms with Crippen molar-refractivity contribution >= 4 is 22.5 Å². The van der Waals surface area contributed by atoms with E-state index < -0.39 is 4.92 Å². The largest absolute Gasteiger partial charge is 0.353 e. The quantitative estimate of drug-likeness (QED) is 0.602. The van der Waals surface area contributed by atoms with E-state index in [4.69, 9.17) is 4.52 Å². The fourth-order valence-electron chi connectivity index (χ4n) is 2.41. The Morgan fingerprint density at radius 1 is 1.28 bits per heavy atom. The Morgan fingerprint density at radius 3 is 2.78 bits per heavy atom. The van der Waals surface area contributed by atoms with Gasteiger partial charge >= 0.3 is 5.69 Å². The third kappa shape index (κ3) is 1.70. The molecular weight excluding hydrogens is 234 g/mol. The molecule has 0 amide bonds. The molecule has 1 aromatic heterocycles. The van der Waals surface area contributed by atoms with Crippen LogP contribution in [0.15, 0.2) is 22.7 Å². The topological polar surface area (TPSA) is 72.4 Å². The average Bonchev–Trinajstić information content (AvgIpc) is 2.83. The van der Waals surface area contributed by atoms with Gasteiger partial charge in [-0.25, -0.2) is 0 Å². The highest BCUT2D eigenvalue weighted by Gasteiger charge is 2.23. The van der Waals surface area contributed by atoms with E-state index in [1.807, 2.05) is 6.07 Å². The van der Waals surface area contributed by atoms with E-state index in [0.29, 0.717) is 0 Å². The Bertz CT molecular complexity index is 587. The molecule has 1 fully saturated rings. The van der Waals surface area contributed by atoms with Crippen LogP contribution in [0.5, 0.6) is 0 Å². The number of hydrogen-bond donors (Lipinski definition) is 0. The number of hydrogen-bond acceptors (Lipinski definition) is 5. The van der Waals surface area contributed by atoms with Gasteiger partial charge in [-0.05, 0) is 25.3 Å². The summed E-state index contributed by atoms with van der Waals surface area (Å²) in [4.78, 5) is 12.6. The van der Waals surface area contributed by atoms with Crippen molar-refractivity contribution in [3.05, 3.63) is 28.3 Å². The molecule has 1 saturated heterocycles. The van der Waals surface area contributed by atoms with Crippen LogP contribution in [0.1, 0.15) is 19.3 Å². The number of fused-ring (bicyclic) bond motifs is 1. The predicted molar refractivity (Wildman–Crippen MR) is 66.7 cm³/mol. The van der Waals surface area contributed by atoms with Gasteiger partial charge < -0.3 is 9.42 Å². The summed E-state index contributed by atoms with van der Waals surface area (Å²) in [5.41, 5.74) is 0.242. The summed E-state index contributed by atoms with van der Waals surface area (Å²) < 4.78 is 5.16. The molecule has 0 bridgehead atoms. The number of nitrogens with zero attached hydrogens (tertiary/aromatic N) is 3. The van der Waals surface area contributed by atoms with Crippen LogP contribution < -0.4 is 4.90 Å². The highest BCUT2D eigenvalue weighted by molar-refractivity contribution is 5.94. The molecule has 1 aromatic carbocycles. The first-order valence-corrected chi connectivity index (χ1v) is 6.05. The van der Waals surface area contributed by atoms with Crippen LogP contribution >= 0.6 is 0 Å². The minimum atomic E-state index is -0.437. The van der Waals surface area contributed by atoms with Crippen molar-refractivity contribution in [2.75, 3.05) is 18.0 Å². The van der Waals surface area contributed by atoms with Gasteiger partial charge in [0.05, 0.1) is 10.3 Å². The van der Waals surface area contributed by atoms with Crippen LogP contribution in [-0.4, -0.2) is 23.2 Å². The number of anilines is 1. The second kappa shape index (κ2) is 4.29. The highest BCUT2D eigenvalue weighted by Crippen LogP contribution is 2.33. The lowest BCUT2D eigenvalue weighted by Crippen LogP contribution is -2.29. The number of nitro benzene ring substituents is 1. The lowest BCUT2D eigenvalue weighted by molar-refractivity contribution is -0.383. The zero-order chi connectivity index (χ0) is 12.5. The van der Waals surface area contributed by atoms with Gasteiger partial charge in [-0.15, -0.1) is 0 Å². The molecule has 6 heteroatoms. The van der Waals surface area contributed by atoms with Gasteiger partial charge in [-0.1, -0.05) is 11.2 Å². The molecule has 0 saturated carbocycles. The molecule has 1 aliphatic rings. The molecule has 2 aromatic rings. The summed E-state index contributed by atoms with van der Waals surface area (Å²) in [6.07, 6.45) is 3.49. The van der Waals surface area contributed by atoms with Crippen LogP contribution in [0.2, 0.25) is 0 Å². The standard InChI is InChI=1S/C12H13N3O3/c16-15(17)10-6-4-5-9-11(10)18-13-12(9)14-7-2-1-3-8-14/h4-6H,1-3,7-8H2. The molecule has 2 heterocycles. The van der Waals surface area contributed by atoms with E-state index in [0.717, 1.165) is 37.1 Å². The van der Waals surface area contributed by atoms with Crippen LogP contribution in [0.3, 0.4) is 0 Å². The average molecular weight is 247 g/mol. The molecule has 94 valence electrons. The molecule has 0 radical (unpaired) electrons. The maximum absolute atomic E-state index is 10.9. The molecule has 0 atom stereocenters. The first-order chi connectivity index (χ1) is 8.77. The van der Waals surface area contributed by atoms with E-state index in [2.05, 4.69) is 10.1 Å². The van der Waals surface area contributed by atoms with Crippen LogP contribution in [0.25, 0.3) is 11.0 Å². The van der Waals surface area contributed by atoms with Gasteiger partial charge in [0, 0.05) is 19.2 Å². The fourth-order valence-corrected chi connectivity index (χ4v) is 2.41. The molecule has 0 unspecified atom stereocenters. The first kappa shape index (κ1) is 11.0. The molecular formula is C12H13N3O3. The summed E-state index contributed by atoms with van der Waals surface area (Å²) in [7, 11) is 0. The number of benzene rings is 1. The zero-order valence-corrected chi connectivity index (χ0v) is 9.83. The number of aromatic nitrogens is 1. The fraction of sp³-hybridized carbons (Fsp3) is 0.417. The van der Waals surface area contributed by atoms with E-state index in [-0.39, 0.29) is 11.3 Å². The Kier molecular flexibility index (Phi) is 2.62. The maximum Gasteiger partial charge on any atom is 0.315 e. The number of piperidine rings is 1. The van der Waals surface area contributed by atoms with Crippen molar-refractivity contribution in [3.8, 4) is 0 Å². The summed E-state index contributed by atoms with van der Waals surface area (Å²) in [5.74, 6) is 0.730. The SMILES string of the molecule is O=[N+]([O-])c1cccc2c(N3CCCCC3)noc12. The van der Waals surface area contributed by atoms with Gasteiger partial charge in [0.2, 0.25) is 5.58 Å². The lowest BCUT2D eigenvalue weighted by Gasteiger charge is -2.26. The molecule has 0 N–H and O–H groups in total. The van der Waals surface area contributed by atoms with Crippen molar-refractivity contribution in [2.24, 2.45) is 0 Å². The number of para-hydroxylation sites is 1. The monoisotopic (exact) mass is 247 g/mol. The maximum atomic E-state index is 10.9. The summed E-state index contributed by atoms with van der Waals surface area (Å²) in [5, 5.41) is 15.6. The summed E-state index contributed by atoms with van der Waals surface area (Å²) in [6.45, 7) is 1.87. The number of nitro groups is 1. The normalized spacial score (nSPS) is 16.1. The lowest BCUT2D eigenvalue weighted by atomic mass is 10.1. The van der Waals surface area contributed by atoms with Gasteiger partial charge in [0.1, 0.15) is 0 Å². The van der Waals surface area contributed by atoms with E-state index >= 15 is 0 Å². The van der Waals surface area contributed by atoms with Gasteiger partial charge in [0.15, 0.2) is 5.82 Å². The predicted octanol–water partition coefficient (Wildman–Crippen LogP) is 2.73. The van der Waals surface area contributed by atoms with Crippen molar-refractivity contribution in [1.29, 1.82) is 0 Å². The molecule has 0 spiro atoms. The number of non-ortho nitro benzene ring substituents is 1. The van der Waals surface area contributed by atoms with E-state index in [1.165, 1.54) is 12.5 Å². The highest BCUT2D eigenvalue weighted by atomic mass is 16.6. The van der Waals surface area contributed by atoms with Crippen molar-refractivity contribution in [2.45, 2.75) is 19.3 Å². The van der Waals surface area contributed by atoms with Gasteiger partial charge in [-0.2, -0.15) is 0 Å². The zero-order valence-electron chi connectivity index (χ0n) is 9.83. The summed E-state index contributed by atoms with van der Waals surface area (Å²) in [6, 6.07) is 4.93. The molecule has 18 heavy (non-hydrogen) atoms. The minimum Gasteiger partial charge on any atom is -0.353 e. The molecule has 6 nitrogen and oxygen atoms in total. The van der Waals surface area contributed by atoms with Crippen LogP contribution in [-0.2, 0) is 0 Å². The van der Waals surface area contributed by atoms with E-state index in [1.54, 1.807) is 6.07 Å². The van der Waals surface area contributed by atoms with E-state index in [9.17, 15) is 10.1 Å². The van der Waals surface area contributed by atoms with Crippen molar-refractivity contribution < 1.29 is 9.45 Å². The third-order valence-corrected chi connectivity index (χ3v) is 3.31. The minimum absolute atomic E-state index is 0.0248. The van der Waals surface area contributed by atoms with Crippen molar-refractivity contribution in [1.82, 2.24) is 5.16 Å². The Hall–Kier alpha value is -2.11. The number of rotatable bonds is 2. The van der Waals surface area contributed by atoms with Crippen molar-refractivity contribution in [3.63, 3.8) is 0 Å². The third-order valence-electron chi connectivity index (χ3n) is 3.31. The Balaban J connectivity index is 2.08.